The van der Waals surface area contributed by atoms with E-state index in [1.807, 2.05) is 27.0 Å². The topological polar surface area (TPSA) is 69.9 Å². The van der Waals surface area contributed by atoms with Gasteiger partial charge in [0.2, 0.25) is 0 Å². The molecule has 0 aliphatic heterocycles. The van der Waals surface area contributed by atoms with Crippen LogP contribution in [0.4, 0.5) is 0 Å². The van der Waals surface area contributed by atoms with Gasteiger partial charge in [-0.15, -0.1) is 5.10 Å². The Morgan fingerprint density at radius 2 is 2.17 bits per heavy atom. The van der Waals surface area contributed by atoms with Gasteiger partial charge in [-0.1, -0.05) is 16.8 Å². The first-order valence-corrected chi connectivity index (χ1v) is 7.87. The maximum atomic E-state index is 11.9. The smallest absolute Gasteiger partial charge is 0.311 e. The Morgan fingerprint density at radius 1 is 1.43 bits per heavy atom. The molecule has 2 heterocycles. The van der Waals surface area contributed by atoms with Gasteiger partial charge in [0.25, 0.3) is 0 Å². The summed E-state index contributed by atoms with van der Waals surface area (Å²) in [4.78, 5) is 16.3. The molecular weight excluding hydrogens is 316 g/mol. The molecule has 2 rings (SSSR count). The molecular formula is C16H21ClN4O2. The van der Waals surface area contributed by atoms with Gasteiger partial charge in [-0.2, -0.15) is 0 Å². The summed E-state index contributed by atoms with van der Waals surface area (Å²) in [5.74, 6) is -0.234. The Hall–Kier alpha value is -1.95. The van der Waals surface area contributed by atoms with E-state index in [0.29, 0.717) is 24.6 Å². The summed E-state index contributed by atoms with van der Waals surface area (Å²) >= 11 is 6.10. The van der Waals surface area contributed by atoms with E-state index in [2.05, 4.69) is 15.3 Å². The normalized spacial score (nSPS) is 11.5. The van der Waals surface area contributed by atoms with Gasteiger partial charge in [0, 0.05) is 23.8 Å². The predicted molar refractivity (Wildman–Crippen MR) is 87.2 cm³/mol. The molecule has 0 aliphatic carbocycles. The third kappa shape index (κ3) is 4.28. The third-order valence-electron chi connectivity index (χ3n) is 3.59. The number of carbonyl (C=O) groups excluding carboxylic acids is 1. The molecule has 0 spiro atoms. The summed E-state index contributed by atoms with van der Waals surface area (Å²) in [7, 11) is 0. The molecule has 0 fully saturated rings. The second kappa shape index (κ2) is 7.08. The van der Waals surface area contributed by atoms with Crippen molar-refractivity contribution in [2.24, 2.45) is 5.41 Å². The fourth-order valence-electron chi connectivity index (χ4n) is 2.21. The van der Waals surface area contributed by atoms with Crippen LogP contribution in [0.5, 0.6) is 0 Å². The van der Waals surface area contributed by atoms with Crippen molar-refractivity contribution in [3.05, 3.63) is 40.4 Å². The Labute approximate surface area is 140 Å². The molecule has 0 amide bonds. The number of nitrogens with zero attached hydrogens (tertiary/aromatic N) is 4. The highest BCUT2D eigenvalue weighted by Crippen LogP contribution is 2.23. The molecule has 0 unspecified atom stereocenters. The van der Waals surface area contributed by atoms with Crippen LogP contribution in [-0.4, -0.2) is 32.6 Å². The number of aromatic nitrogens is 4. The number of ether oxygens (including phenoxy) is 1. The monoisotopic (exact) mass is 336 g/mol. The van der Waals surface area contributed by atoms with E-state index in [1.54, 1.807) is 23.9 Å². The number of hydrogen-bond donors (Lipinski definition) is 0. The van der Waals surface area contributed by atoms with Crippen molar-refractivity contribution < 1.29 is 9.53 Å². The Balaban J connectivity index is 2.09. The van der Waals surface area contributed by atoms with E-state index in [1.165, 1.54) is 0 Å². The second-order valence-corrected chi connectivity index (χ2v) is 6.46. The molecule has 23 heavy (non-hydrogen) atoms. The average molecular weight is 337 g/mol. The molecule has 0 radical (unpaired) electrons. The highest BCUT2D eigenvalue weighted by Gasteiger charge is 2.30. The van der Waals surface area contributed by atoms with Gasteiger partial charge in [-0.05, 0) is 39.3 Å². The number of hydrogen-bond acceptors (Lipinski definition) is 5. The summed E-state index contributed by atoms with van der Waals surface area (Å²) in [6.45, 7) is 8.25. The average Bonchev–Trinajstić information content (AvgIpc) is 2.90. The fourth-order valence-corrected chi connectivity index (χ4v) is 2.38. The van der Waals surface area contributed by atoms with Gasteiger partial charge in [0.1, 0.15) is 0 Å². The van der Waals surface area contributed by atoms with Crippen molar-refractivity contribution in [1.29, 1.82) is 0 Å². The minimum absolute atomic E-state index is 0.234. The van der Waals surface area contributed by atoms with Crippen LogP contribution in [0, 0.1) is 12.3 Å². The number of halogens is 1. The van der Waals surface area contributed by atoms with Crippen molar-refractivity contribution in [2.45, 2.75) is 40.7 Å². The number of rotatable bonds is 6. The molecule has 6 nitrogen and oxygen atoms in total. The summed E-state index contributed by atoms with van der Waals surface area (Å²) in [5, 5.41) is 8.92. The summed E-state index contributed by atoms with van der Waals surface area (Å²) in [5.41, 5.74) is 1.88. The minimum Gasteiger partial charge on any atom is -0.466 e. The molecule has 0 bridgehead atoms. The molecule has 2 aromatic rings. The third-order valence-corrected chi connectivity index (χ3v) is 4.00. The van der Waals surface area contributed by atoms with Crippen LogP contribution in [0.2, 0.25) is 5.02 Å². The molecule has 2 aromatic heterocycles. The minimum atomic E-state index is -0.638. The van der Waals surface area contributed by atoms with Crippen molar-refractivity contribution in [1.82, 2.24) is 20.0 Å². The zero-order valence-electron chi connectivity index (χ0n) is 13.8. The molecule has 124 valence electrons. The van der Waals surface area contributed by atoms with Crippen LogP contribution in [0.25, 0.3) is 0 Å². The van der Waals surface area contributed by atoms with Crippen LogP contribution < -0.4 is 0 Å². The van der Waals surface area contributed by atoms with E-state index >= 15 is 0 Å². The first kappa shape index (κ1) is 17.4. The maximum absolute atomic E-state index is 11.9. The van der Waals surface area contributed by atoms with Crippen LogP contribution in [0.1, 0.15) is 37.7 Å². The van der Waals surface area contributed by atoms with Crippen LogP contribution >= 0.6 is 11.6 Å². The predicted octanol–water partition coefficient (Wildman–Crippen LogP) is 2.82. The first-order valence-electron chi connectivity index (χ1n) is 7.49. The van der Waals surface area contributed by atoms with E-state index in [-0.39, 0.29) is 5.97 Å². The lowest BCUT2D eigenvalue weighted by Gasteiger charge is -2.20. The number of pyridine rings is 1. The van der Waals surface area contributed by atoms with Crippen molar-refractivity contribution in [2.75, 3.05) is 6.61 Å². The van der Waals surface area contributed by atoms with E-state index in [9.17, 15) is 4.79 Å². The van der Waals surface area contributed by atoms with Crippen LogP contribution in [0.3, 0.4) is 0 Å². The molecule has 7 heteroatoms. The van der Waals surface area contributed by atoms with Gasteiger partial charge >= 0.3 is 5.97 Å². The van der Waals surface area contributed by atoms with E-state index in [0.717, 1.165) is 17.0 Å². The van der Waals surface area contributed by atoms with Crippen LogP contribution in [0.15, 0.2) is 18.5 Å². The Morgan fingerprint density at radius 3 is 2.87 bits per heavy atom. The van der Waals surface area contributed by atoms with Gasteiger partial charge < -0.3 is 4.74 Å². The number of esters is 1. The second-order valence-electron chi connectivity index (χ2n) is 6.05. The SMILES string of the molecule is CCOC(=O)C(C)(C)Cc1cn(Cc2nccc(Cl)c2C)nn1. The van der Waals surface area contributed by atoms with E-state index < -0.39 is 5.41 Å². The first-order chi connectivity index (χ1) is 10.8. The Bertz CT molecular complexity index is 697. The molecule has 0 saturated heterocycles. The molecule has 0 N–H and O–H groups in total. The summed E-state index contributed by atoms with van der Waals surface area (Å²) in [6.07, 6.45) is 3.96. The lowest BCUT2D eigenvalue weighted by Crippen LogP contribution is -2.29. The zero-order valence-corrected chi connectivity index (χ0v) is 14.6. The molecule has 0 aliphatic rings. The van der Waals surface area contributed by atoms with Gasteiger partial charge in [-0.25, -0.2) is 4.68 Å². The van der Waals surface area contributed by atoms with Crippen molar-refractivity contribution in [3.8, 4) is 0 Å². The van der Waals surface area contributed by atoms with Gasteiger partial charge in [-0.3, -0.25) is 9.78 Å². The maximum Gasteiger partial charge on any atom is 0.311 e. The fraction of sp³-hybridized carbons (Fsp3) is 0.500. The number of carbonyl (C=O) groups is 1. The highest BCUT2D eigenvalue weighted by molar-refractivity contribution is 6.31. The van der Waals surface area contributed by atoms with E-state index in [4.69, 9.17) is 16.3 Å². The van der Waals surface area contributed by atoms with Gasteiger partial charge in [0.15, 0.2) is 0 Å². The quantitative estimate of drug-likeness (QED) is 0.759. The Kier molecular flexibility index (Phi) is 5.36. The lowest BCUT2D eigenvalue weighted by atomic mass is 9.88. The molecule has 0 saturated carbocycles. The summed E-state index contributed by atoms with van der Waals surface area (Å²) in [6, 6.07) is 1.76. The van der Waals surface area contributed by atoms with Crippen LogP contribution in [-0.2, 0) is 22.5 Å². The molecule has 0 atom stereocenters. The molecule has 0 aromatic carbocycles. The standard InChI is InChI=1S/C16H21ClN4O2/c1-5-23-15(22)16(3,4)8-12-9-21(20-19-12)10-14-11(2)13(17)6-7-18-14/h6-7,9H,5,8,10H2,1-4H3. The largest absolute Gasteiger partial charge is 0.466 e. The van der Waals surface area contributed by atoms with Crippen molar-refractivity contribution in [3.63, 3.8) is 0 Å². The zero-order chi connectivity index (χ0) is 17.0. The van der Waals surface area contributed by atoms with Gasteiger partial charge in [0.05, 0.1) is 30.0 Å². The van der Waals surface area contributed by atoms with Crippen molar-refractivity contribution >= 4 is 17.6 Å². The highest BCUT2D eigenvalue weighted by atomic mass is 35.5. The summed E-state index contributed by atoms with van der Waals surface area (Å²) < 4.78 is 6.79. The lowest BCUT2D eigenvalue weighted by molar-refractivity contribution is -0.153.